The molecule has 1 aliphatic heterocycles. The van der Waals surface area contributed by atoms with Crippen LogP contribution in [-0.4, -0.2) is 6.61 Å². The molecule has 2 aromatic rings. The molecular formula is C15H12BrNOS. The minimum atomic E-state index is -0.457. The smallest absolute Gasteiger partial charge is 0.122 e. The number of hydrogen-bond donors (Lipinski definition) is 0. The standard InChI is InChI=1S/C15H12BrNOS/c16-12-5-6-19-14(12)8-15(9-17)7-11-3-1-2-4-13(11)18-10-15/h1-6H,7-8,10H2. The zero-order valence-corrected chi connectivity index (χ0v) is 12.6. The van der Waals surface area contributed by atoms with Crippen LogP contribution in [0.25, 0.3) is 0 Å². The molecule has 1 atom stereocenters. The fraction of sp³-hybridized carbons (Fsp3) is 0.267. The number of rotatable bonds is 2. The van der Waals surface area contributed by atoms with Gasteiger partial charge in [-0.1, -0.05) is 18.2 Å². The van der Waals surface area contributed by atoms with Crippen LogP contribution in [0.5, 0.6) is 5.75 Å². The number of ether oxygens (including phenoxy) is 1. The highest BCUT2D eigenvalue weighted by molar-refractivity contribution is 9.10. The molecule has 1 aromatic heterocycles. The molecule has 1 unspecified atom stereocenters. The van der Waals surface area contributed by atoms with Crippen molar-refractivity contribution in [2.75, 3.05) is 6.61 Å². The van der Waals surface area contributed by atoms with Gasteiger partial charge in [0.05, 0.1) is 6.07 Å². The van der Waals surface area contributed by atoms with Crippen LogP contribution in [0.3, 0.4) is 0 Å². The second-order valence-corrected chi connectivity index (χ2v) is 6.69. The van der Waals surface area contributed by atoms with Crippen molar-refractivity contribution in [1.82, 2.24) is 0 Å². The van der Waals surface area contributed by atoms with Crippen molar-refractivity contribution in [3.63, 3.8) is 0 Å². The van der Waals surface area contributed by atoms with Gasteiger partial charge in [0.2, 0.25) is 0 Å². The highest BCUT2D eigenvalue weighted by Gasteiger charge is 2.37. The highest BCUT2D eigenvalue weighted by Crippen LogP contribution is 2.39. The maximum absolute atomic E-state index is 9.62. The van der Waals surface area contributed by atoms with Gasteiger partial charge in [-0.05, 0) is 45.4 Å². The molecule has 0 aliphatic carbocycles. The fourth-order valence-corrected chi connectivity index (χ4v) is 4.04. The molecule has 0 saturated carbocycles. The Labute approximate surface area is 124 Å². The molecule has 1 aliphatic rings. The summed E-state index contributed by atoms with van der Waals surface area (Å²) in [6, 6.07) is 12.5. The third kappa shape index (κ3) is 2.41. The van der Waals surface area contributed by atoms with Gasteiger partial charge >= 0.3 is 0 Å². The summed E-state index contributed by atoms with van der Waals surface area (Å²) in [5.74, 6) is 0.915. The zero-order chi connectivity index (χ0) is 13.3. The van der Waals surface area contributed by atoms with Crippen LogP contribution in [0.1, 0.15) is 10.4 Å². The minimum Gasteiger partial charge on any atom is -0.492 e. The lowest BCUT2D eigenvalue weighted by atomic mass is 9.78. The second kappa shape index (κ2) is 4.99. The zero-order valence-electron chi connectivity index (χ0n) is 10.2. The van der Waals surface area contributed by atoms with Crippen molar-refractivity contribution in [3.05, 3.63) is 50.6 Å². The van der Waals surface area contributed by atoms with Gasteiger partial charge in [-0.2, -0.15) is 5.26 Å². The quantitative estimate of drug-likeness (QED) is 0.825. The Kier molecular flexibility index (Phi) is 3.34. The van der Waals surface area contributed by atoms with Crippen molar-refractivity contribution < 1.29 is 4.74 Å². The Balaban J connectivity index is 1.91. The molecule has 0 radical (unpaired) electrons. The van der Waals surface area contributed by atoms with E-state index >= 15 is 0 Å². The maximum Gasteiger partial charge on any atom is 0.122 e. The molecule has 96 valence electrons. The van der Waals surface area contributed by atoms with E-state index in [-0.39, 0.29) is 0 Å². The molecule has 3 rings (SSSR count). The lowest BCUT2D eigenvalue weighted by Gasteiger charge is -2.32. The van der Waals surface area contributed by atoms with Gasteiger partial charge in [0.1, 0.15) is 17.8 Å². The van der Waals surface area contributed by atoms with Gasteiger partial charge in [0.25, 0.3) is 0 Å². The molecule has 2 heterocycles. The highest BCUT2D eigenvalue weighted by atomic mass is 79.9. The van der Waals surface area contributed by atoms with Crippen LogP contribution in [0.4, 0.5) is 0 Å². The number of para-hydroxylation sites is 1. The van der Waals surface area contributed by atoms with Gasteiger partial charge in [-0.25, -0.2) is 0 Å². The molecule has 0 N–H and O–H groups in total. The van der Waals surface area contributed by atoms with Crippen LogP contribution >= 0.6 is 27.3 Å². The molecule has 0 bridgehead atoms. The van der Waals surface area contributed by atoms with E-state index in [9.17, 15) is 5.26 Å². The van der Waals surface area contributed by atoms with Gasteiger partial charge in [0, 0.05) is 15.8 Å². The van der Waals surface area contributed by atoms with Crippen molar-refractivity contribution in [2.24, 2.45) is 5.41 Å². The molecule has 1 aromatic carbocycles. The summed E-state index contributed by atoms with van der Waals surface area (Å²) >= 11 is 5.22. The SMILES string of the molecule is N#CC1(Cc2sccc2Br)COc2ccccc2C1. The normalized spacial score (nSPS) is 21.3. The number of thiophene rings is 1. The van der Waals surface area contributed by atoms with Gasteiger partial charge in [0.15, 0.2) is 0 Å². The van der Waals surface area contributed by atoms with Crippen molar-refractivity contribution >= 4 is 27.3 Å². The first-order chi connectivity index (χ1) is 9.22. The lowest BCUT2D eigenvalue weighted by Crippen LogP contribution is -2.35. The number of benzene rings is 1. The third-order valence-corrected chi connectivity index (χ3v) is 5.36. The van der Waals surface area contributed by atoms with Gasteiger partial charge < -0.3 is 4.74 Å². The Morgan fingerprint density at radius 3 is 2.95 bits per heavy atom. The van der Waals surface area contributed by atoms with E-state index < -0.39 is 5.41 Å². The fourth-order valence-electron chi connectivity index (χ4n) is 2.41. The largest absolute Gasteiger partial charge is 0.492 e. The van der Waals surface area contributed by atoms with E-state index in [0.29, 0.717) is 6.61 Å². The first kappa shape index (κ1) is 12.7. The Bertz CT molecular complexity index is 646. The van der Waals surface area contributed by atoms with E-state index in [1.54, 1.807) is 11.3 Å². The summed E-state index contributed by atoms with van der Waals surface area (Å²) in [5.41, 5.74) is 0.671. The van der Waals surface area contributed by atoms with Crippen LogP contribution in [0.2, 0.25) is 0 Å². The van der Waals surface area contributed by atoms with Crippen molar-refractivity contribution in [2.45, 2.75) is 12.8 Å². The van der Waals surface area contributed by atoms with Crippen LogP contribution in [0.15, 0.2) is 40.2 Å². The molecule has 0 saturated heterocycles. The predicted octanol–water partition coefficient (Wildman–Crippen LogP) is 4.20. The first-order valence-electron chi connectivity index (χ1n) is 6.06. The van der Waals surface area contributed by atoms with E-state index in [1.807, 2.05) is 35.7 Å². The summed E-state index contributed by atoms with van der Waals surface area (Å²) in [6.45, 7) is 0.463. The monoisotopic (exact) mass is 333 g/mol. The third-order valence-electron chi connectivity index (χ3n) is 3.43. The molecule has 2 nitrogen and oxygen atoms in total. The molecule has 19 heavy (non-hydrogen) atoms. The van der Waals surface area contributed by atoms with Gasteiger partial charge in [-0.15, -0.1) is 11.3 Å². The summed E-state index contributed by atoms with van der Waals surface area (Å²) in [6.07, 6.45) is 1.49. The number of nitrogens with zero attached hydrogens (tertiary/aromatic N) is 1. The van der Waals surface area contributed by atoms with E-state index in [0.717, 1.165) is 28.6 Å². The molecule has 0 fully saturated rings. The molecule has 0 spiro atoms. The molecule has 4 heteroatoms. The average molecular weight is 334 g/mol. The summed E-state index contributed by atoms with van der Waals surface area (Å²) in [7, 11) is 0. The summed E-state index contributed by atoms with van der Waals surface area (Å²) in [4.78, 5) is 1.21. The number of nitriles is 1. The molecular weight excluding hydrogens is 322 g/mol. The average Bonchev–Trinajstić information content (AvgIpc) is 2.84. The minimum absolute atomic E-state index is 0.457. The maximum atomic E-state index is 9.62. The van der Waals surface area contributed by atoms with E-state index in [1.165, 1.54) is 4.88 Å². The van der Waals surface area contributed by atoms with Gasteiger partial charge in [-0.3, -0.25) is 0 Å². The van der Waals surface area contributed by atoms with Crippen LogP contribution in [0, 0.1) is 16.7 Å². The predicted molar refractivity (Wildman–Crippen MR) is 79.4 cm³/mol. The number of hydrogen-bond acceptors (Lipinski definition) is 3. The molecule has 0 amide bonds. The number of halogens is 1. The van der Waals surface area contributed by atoms with Crippen molar-refractivity contribution in [1.29, 1.82) is 5.26 Å². The topological polar surface area (TPSA) is 33.0 Å². The Morgan fingerprint density at radius 2 is 2.21 bits per heavy atom. The van der Waals surface area contributed by atoms with E-state index in [4.69, 9.17) is 4.74 Å². The Hall–Kier alpha value is -1.31. The van der Waals surface area contributed by atoms with Crippen molar-refractivity contribution in [3.8, 4) is 11.8 Å². The first-order valence-corrected chi connectivity index (χ1v) is 7.73. The summed E-state index contributed by atoms with van der Waals surface area (Å²) < 4.78 is 6.87. The van der Waals surface area contributed by atoms with Crippen LogP contribution in [-0.2, 0) is 12.8 Å². The lowest BCUT2D eigenvalue weighted by molar-refractivity contribution is 0.170. The number of fused-ring (bicyclic) bond motifs is 1. The summed E-state index contributed by atoms with van der Waals surface area (Å²) in [5, 5.41) is 11.7. The van der Waals surface area contributed by atoms with E-state index in [2.05, 4.69) is 22.0 Å². The van der Waals surface area contributed by atoms with Crippen LogP contribution < -0.4 is 4.74 Å². The Morgan fingerprint density at radius 1 is 1.37 bits per heavy atom. The second-order valence-electron chi connectivity index (χ2n) is 4.83.